The van der Waals surface area contributed by atoms with Gasteiger partial charge in [-0.2, -0.15) is 0 Å². The molecule has 0 fully saturated rings. The summed E-state index contributed by atoms with van der Waals surface area (Å²) >= 11 is 0. The van der Waals surface area contributed by atoms with E-state index in [-0.39, 0.29) is 12.2 Å². The molecule has 0 spiro atoms. The van der Waals surface area contributed by atoms with E-state index in [9.17, 15) is 14.4 Å². The number of ketones is 1. The number of nitrogens with zero attached hydrogens (tertiary/aromatic N) is 2. The van der Waals surface area contributed by atoms with Gasteiger partial charge in [-0.15, -0.1) is 0 Å². The summed E-state index contributed by atoms with van der Waals surface area (Å²) < 4.78 is 8.93. The van der Waals surface area contributed by atoms with Gasteiger partial charge in [0.05, 0.1) is 24.8 Å². The fourth-order valence-corrected chi connectivity index (χ4v) is 5.70. The topological polar surface area (TPSA) is 70.3 Å². The number of methoxy groups -OCH3 is 1. The summed E-state index contributed by atoms with van der Waals surface area (Å²) in [5, 5.41) is 1.51. The average molecular weight is 541 g/mol. The van der Waals surface area contributed by atoms with Crippen molar-refractivity contribution in [1.29, 1.82) is 0 Å². The Labute approximate surface area is 237 Å². The highest BCUT2D eigenvalue weighted by Gasteiger charge is 2.30. The zero-order valence-corrected chi connectivity index (χ0v) is 22.6. The third-order valence-corrected chi connectivity index (χ3v) is 7.55. The molecule has 0 atom stereocenters. The third kappa shape index (κ3) is 4.74. The molecule has 0 saturated carbocycles. The van der Waals surface area contributed by atoms with Crippen molar-refractivity contribution in [2.24, 2.45) is 0 Å². The number of hydrogen-bond acceptors (Lipinski definition) is 4. The van der Waals surface area contributed by atoms with E-state index in [1.165, 1.54) is 7.11 Å². The van der Waals surface area contributed by atoms with Gasteiger partial charge in [-0.1, -0.05) is 97.1 Å². The van der Waals surface area contributed by atoms with Gasteiger partial charge in [0.2, 0.25) is 5.78 Å². The number of esters is 1. The summed E-state index contributed by atoms with van der Waals surface area (Å²) in [7, 11) is 1.34. The monoisotopic (exact) mass is 540 g/mol. The molecule has 2 heterocycles. The number of carbonyl (C=O) groups is 3. The largest absolute Gasteiger partial charge is 0.469 e. The quantitative estimate of drug-likeness (QED) is 0.120. The first-order valence-corrected chi connectivity index (χ1v) is 13.5. The molecule has 6 rings (SSSR count). The van der Waals surface area contributed by atoms with Gasteiger partial charge in [-0.25, -0.2) is 0 Å². The molecule has 0 radical (unpaired) electrons. The minimum Gasteiger partial charge on any atom is -0.469 e. The highest BCUT2D eigenvalue weighted by Crippen LogP contribution is 2.34. The van der Waals surface area contributed by atoms with Gasteiger partial charge in [-0.05, 0) is 23.3 Å². The molecule has 0 N–H and O–H groups in total. The van der Waals surface area contributed by atoms with Crippen LogP contribution in [0.4, 0.5) is 0 Å². The smallest absolute Gasteiger partial charge is 0.310 e. The van der Waals surface area contributed by atoms with Crippen molar-refractivity contribution >= 4 is 39.8 Å². The molecule has 0 aliphatic rings. The van der Waals surface area contributed by atoms with Gasteiger partial charge < -0.3 is 13.9 Å². The van der Waals surface area contributed by atoms with Crippen molar-refractivity contribution in [3.8, 4) is 0 Å². The van der Waals surface area contributed by atoms with Crippen LogP contribution in [0, 0.1) is 0 Å². The maximum absolute atomic E-state index is 14.9. The number of para-hydroxylation sites is 2. The van der Waals surface area contributed by atoms with Gasteiger partial charge in [0.1, 0.15) is 5.69 Å². The Kier molecular flexibility index (Phi) is 7.04. The number of benzene rings is 4. The molecule has 41 heavy (non-hydrogen) atoms. The number of ether oxygens (including phenoxy) is 1. The van der Waals surface area contributed by atoms with E-state index in [0.717, 1.165) is 33.8 Å². The Morgan fingerprint density at radius 3 is 1.71 bits per heavy atom. The van der Waals surface area contributed by atoms with E-state index in [0.29, 0.717) is 41.0 Å². The van der Waals surface area contributed by atoms with Gasteiger partial charge in [-0.3, -0.25) is 14.4 Å². The lowest BCUT2D eigenvalue weighted by atomic mass is 10.0. The number of rotatable bonds is 9. The van der Waals surface area contributed by atoms with Crippen LogP contribution < -0.4 is 0 Å². The predicted molar refractivity (Wildman–Crippen MR) is 160 cm³/mol. The molecule has 0 aliphatic carbocycles. The Balaban J connectivity index is 1.64. The minimum absolute atomic E-state index is 0.0742. The first-order chi connectivity index (χ1) is 20.1. The van der Waals surface area contributed by atoms with Crippen molar-refractivity contribution in [3.05, 3.63) is 143 Å². The molecule has 0 amide bonds. The molecule has 6 nitrogen and oxygen atoms in total. The highest BCUT2D eigenvalue weighted by atomic mass is 16.5. The molecular formula is C35H28N2O4. The SMILES string of the molecule is COC(=O)Cc1c(C(=O)c2c(C=O)c3ccccc3n2Cc2ccccc2)n(Cc2ccccc2)c2ccccc12. The number of carbonyl (C=O) groups excluding carboxylic acids is 3. The summed E-state index contributed by atoms with van der Waals surface area (Å²) in [6.45, 7) is 0.820. The van der Waals surface area contributed by atoms with Gasteiger partial charge in [0.15, 0.2) is 6.29 Å². The van der Waals surface area contributed by atoms with Crippen LogP contribution in [0.25, 0.3) is 21.8 Å². The Morgan fingerprint density at radius 2 is 1.15 bits per heavy atom. The first kappa shape index (κ1) is 26.0. The lowest BCUT2D eigenvalue weighted by Gasteiger charge is -2.15. The summed E-state index contributed by atoms with van der Waals surface area (Å²) in [5.41, 5.74) is 5.23. The summed E-state index contributed by atoms with van der Waals surface area (Å²) in [6, 6.07) is 35.0. The highest BCUT2D eigenvalue weighted by molar-refractivity contribution is 6.19. The molecule has 6 heteroatoms. The zero-order chi connectivity index (χ0) is 28.3. The van der Waals surface area contributed by atoms with Crippen LogP contribution in [0.3, 0.4) is 0 Å². The molecule has 0 bridgehead atoms. The van der Waals surface area contributed by atoms with Crippen LogP contribution in [0.1, 0.15) is 43.2 Å². The van der Waals surface area contributed by atoms with E-state index in [1.54, 1.807) is 0 Å². The maximum atomic E-state index is 14.9. The van der Waals surface area contributed by atoms with E-state index in [1.807, 2.05) is 118 Å². The van der Waals surface area contributed by atoms with Crippen LogP contribution in [-0.2, 0) is 29.0 Å². The minimum atomic E-state index is -0.442. The fourth-order valence-electron chi connectivity index (χ4n) is 5.70. The lowest BCUT2D eigenvalue weighted by Crippen LogP contribution is -2.19. The number of aromatic nitrogens is 2. The molecule has 6 aromatic rings. The van der Waals surface area contributed by atoms with E-state index in [4.69, 9.17) is 4.74 Å². The van der Waals surface area contributed by atoms with Crippen molar-refractivity contribution in [2.45, 2.75) is 19.5 Å². The van der Waals surface area contributed by atoms with Crippen molar-refractivity contribution in [2.75, 3.05) is 7.11 Å². The standard InChI is InChI=1S/C35H28N2O4/c1-41-32(39)20-28-26-16-8-10-18-30(26)36(21-24-12-4-2-5-13-24)33(28)35(40)34-29(23-38)27-17-9-11-19-31(27)37(34)22-25-14-6-3-7-15-25/h2-19,23H,20-22H2,1H3. The summed E-state index contributed by atoms with van der Waals surface area (Å²) in [6.07, 6.45) is 0.691. The molecule has 202 valence electrons. The first-order valence-electron chi connectivity index (χ1n) is 13.5. The molecule has 2 aromatic heterocycles. The Bertz CT molecular complexity index is 1900. The van der Waals surface area contributed by atoms with Crippen LogP contribution in [0.5, 0.6) is 0 Å². The van der Waals surface area contributed by atoms with Crippen LogP contribution >= 0.6 is 0 Å². The third-order valence-electron chi connectivity index (χ3n) is 7.55. The normalized spacial score (nSPS) is 11.1. The maximum Gasteiger partial charge on any atom is 0.310 e. The number of fused-ring (bicyclic) bond motifs is 2. The fraction of sp³-hybridized carbons (Fsp3) is 0.114. The Morgan fingerprint density at radius 1 is 0.659 bits per heavy atom. The summed E-state index contributed by atoms with van der Waals surface area (Å²) in [4.78, 5) is 40.3. The second kappa shape index (κ2) is 11.1. The molecule has 4 aromatic carbocycles. The van der Waals surface area contributed by atoms with E-state index < -0.39 is 5.97 Å². The molecule has 0 unspecified atom stereocenters. The van der Waals surface area contributed by atoms with Gasteiger partial charge >= 0.3 is 5.97 Å². The van der Waals surface area contributed by atoms with Gasteiger partial charge in [0, 0.05) is 40.5 Å². The van der Waals surface area contributed by atoms with E-state index in [2.05, 4.69) is 0 Å². The van der Waals surface area contributed by atoms with E-state index >= 15 is 0 Å². The number of aldehydes is 1. The molecular weight excluding hydrogens is 512 g/mol. The van der Waals surface area contributed by atoms with Crippen LogP contribution in [0.2, 0.25) is 0 Å². The summed E-state index contributed by atoms with van der Waals surface area (Å²) in [5.74, 6) is -0.757. The average Bonchev–Trinajstić information content (AvgIpc) is 3.50. The molecule has 0 aliphatic heterocycles. The van der Waals surface area contributed by atoms with Crippen molar-refractivity contribution < 1.29 is 19.1 Å². The van der Waals surface area contributed by atoms with Crippen LogP contribution in [-0.4, -0.2) is 34.3 Å². The van der Waals surface area contributed by atoms with Crippen molar-refractivity contribution in [1.82, 2.24) is 9.13 Å². The zero-order valence-electron chi connectivity index (χ0n) is 22.6. The second-order valence-electron chi connectivity index (χ2n) is 9.97. The lowest BCUT2D eigenvalue weighted by molar-refractivity contribution is -0.139. The van der Waals surface area contributed by atoms with Crippen molar-refractivity contribution in [3.63, 3.8) is 0 Å². The number of hydrogen-bond donors (Lipinski definition) is 0. The second-order valence-corrected chi connectivity index (χ2v) is 9.97. The molecule has 0 saturated heterocycles. The Hall–Kier alpha value is -5.23. The van der Waals surface area contributed by atoms with Gasteiger partial charge in [0.25, 0.3) is 0 Å². The predicted octanol–water partition coefficient (Wildman–Crippen LogP) is 6.45. The van der Waals surface area contributed by atoms with Crippen LogP contribution in [0.15, 0.2) is 109 Å².